The molecule has 1 aliphatic heterocycles. The van der Waals surface area contributed by atoms with Crippen LogP contribution in [0.3, 0.4) is 0 Å². The number of benzene rings is 3. The Morgan fingerprint density at radius 1 is 0.902 bits per heavy atom. The van der Waals surface area contributed by atoms with Gasteiger partial charge in [-0.1, -0.05) is 36.4 Å². The van der Waals surface area contributed by atoms with Crippen LogP contribution in [-0.4, -0.2) is 40.4 Å². The molecule has 3 aliphatic rings. The van der Waals surface area contributed by atoms with E-state index < -0.39 is 28.4 Å². The number of hydrogen-bond donors (Lipinski definition) is 2. The number of aryl methyl sites for hydroxylation is 2. The third-order valence-corrected chi connectivity index (χ3v) is 10.3. The molecule has 6 nitrogen and oxygen atoms in total. The Morgan fingerprint density at radius 2 is 1.51 bits per heavy atom. The number of para-hydroxylation sites is 2. The zero-order chi connectivity index (χ0) is 28.6. The summed E-state index contributed by atoms with van der Waals surface area (Å²) in [6.45, 7) is 0.395. The lowest BCUT2D eigenvalue weighted by atomic mass is 9.86. The quantitative estimate of drug-likeness (QED) is 0.330. The van der Waals surface area contributed by atoms with E-state index in [-0.39, 0.29) is 16.7 Å². The van der Waals surface area contributed by atoms with Gasteiger partial charge in [-0.2, -0.15) is 0 Å². The van der Waals surface area contributed by atoms with Crippen molar-refractivity contribution in [1.29, 1.82) is 0 Å². The van der Waals surface area contributed by atoms with Crippen molar-refractivity contribution in [2.75, 3.05) is 11.4 Å². The van der Waals surface area contributed by atoms with Gasteiger partial charge < -0.3 is 14.7 Å². The van der Waals surface area contributed by atoms with Gasteiger partial charge in [-0.25, -0.2) is 13.3 Å². The number of hydrogen-bond acceptors (Lipinski definition) is 5. The van der Waals surface area contributed by atoms with Crippen LogP contribution in [-0.2, 0) is 22.8 Å². The van der Waals surface area contributed by atoms with Crippen LogP contribution in [0.15, 0.2) is 82.1 Å². The second kappa shape index (κ2) is 11.3. The lowest BCUT2D eigenvalue weighted by Crippen LogP contribution is -2.55. The number of rotatable bonds is 7. The summed E-state index contributed by atoms with van der Waals surface area (Å²) in [7, 11) is -3.24. The smallest absolute Gasteiger partial charge is 0.406 e. The molecule has 0 amide bonds. The number of halogens is 3. The summed E-state index contributed by atoms with van der Waals surface area (Å²) in [5.74, 6) is -0.0268. The lowest BCUT2D eigenvalue weighted by Gasteiger charge is -2.43. The van der Waals surface area contributed by atoms with E-state index in [0.717, 1.165) is 62.0 Å². The molecular weight excluding hydrogens is 551 g/mol. The van der Waals surface area contributed by atoms with E-state index in [9.17, 15) is 22.5 Å². The first-order valence-electron chi connectivity index (χ1n) is 14.2. The van der Waals surface area contributed by atoms with E-state index >= 15 is 0 Å². The highest BCUT2D eigenvalue weighted by Gasteiger charge is 2.40. The second-order valence-electron chi connectivity index (χ2n) is 11.1. The molecule has 1 heterocycles. The van der Waals surface area contributed by atoms with Gasteiger partial charge in [0.15, 0.2) is 0 Å². The zero-order valence-corrected chi connectivity index (χ0v) is 23.4. The van der Waals surface area contributed by atoms with Crippen LogP contribution in [0.1, 0.15) is 43.2 Å². The summed E-state index contributed by atoms with van der Waals surface area (Å²) < 4.78 is 64.3. The molecule has 2 N–H and O–H groups in total. The zero-order valence-electron chi connectivity index (χ0n) is 22.6. The van der Waals surface area contributed by atoms with Crippen molar-refractivity contribution in [2.45, 2.75) is 74.4 Å². The minimum Gasteiger partial charge on any atom is -0.406 e. The Balaban J connectivity index is 1.31. The Morgan fingerprint density at radius 3 is 2.10 bits per heavy atom. The van der Waals surface area contributed by atoms with E-state index in [4.69, 9.17) is 0 Å². The number of aliphatic hydroxyl groups excluding tert-OH is 1. The maximum atomic E-state index is 14.4. The van der Waals surface area contributed by atoms with Crippen LogP contribution in [0.5, 0.6) is 5.75 Å². The Bertz CT molecular complexity index is 1450. The first kappa shape index (κ1) is 28.1. The maximum absolute atomic E-state index is 14.4. The number of aliphatic hydroxyl groups is 1. The highest BCUT2D eigenvalue weighted by molar-refractivity contribution is 7.91. The fourth-order valence-corrected chi connectivity index (χ4v) is 7.91. The van der Waals surface area contributed by atoms with Gasteiger partial charge in [-0.15, -0.1) is 13.2 Å². The molecule has 218 valence electrons. The summed E-state index contributed by atoms with van der Waals surface area (Å²) in [6.07, 6.45) is 0.296. The Labute approximate surface area is 238 Å². The Kier molecular flexibility index (Phi) is 7.74. The number of fused-ring (bicyclic) bond motifs is 2. The van der Waals surface area contributed by atoms with Gasteiger partial charge in [-0.3, -0.25) is 0 Å². The van der Waals surface area contributed by atoms with Crippen molar-refractivity contribution in [1.82, 2.24) is 4.72 Å². The average Bonchev–Trinajstić information content (AvgIpc) is 3.79. The van der Waals surface area contributed by atoms with Crippen molar-refractivity contribution in [3.8, 4) is 5.75 Å². The predicted octanol–water partition coefficient (Wildman–Crippen LogP) is 6.55. The fraction of sp³-hybridized carbons (Fsp3) is 0.419. The number of alkyl halides is 3. The average molecular weight is 586 g/mol. The Hall–Kier alpha value is -3.08. The molecule has 10 heteroatoms. The van der Waals surface area contributed by atoms with Crippen molar-refractivity contribution < 1.29 is 27.2 Å². The van der Waals surface area contributed by atoms with Crippen molar-refractivity contribution in [2.24, 2.45) is 10.3 Å². The van der Waals surface area contributed by atoms with Crippen LogP contribution < -0.4 is 14.4 Å². The van der Waals surface area contributed by atoms with Crippen LogP contribution in [0, 0.1) is 5.92 Å². The normalized spacial score (nSPS) is 24.0. The first-order valence-corrected chi connectivity index (χ1v) is 15.7. The van der Waals surface area contributed by atoms with Crippen molar-refractivity contribution in [3.05, 3.63) is 83.9 Å². The molecule has 4 unspecified atom stereocenters. The van der Waals surface area contributed by atoms with E-state index in [1.165, 1.54) is 23.3 Å². The molecule has 3 aromatic carbocycles. The van der Waals surface area contributed by atoms with Crippen LogP contribution in [0.4, 0.5) is 24.5 Å². The van der Waals surface area contributed by atoms with Crippen LogP contribution >= 0.6 is 0 Å². The van der Waals surface area contributed by atoms with Crippen molar-refractivity contribution in [3.63, 3.8) is 0 Å². The minimum atomic E-state index is -4.82. The first-order chi connectivity index (χ1) is 19.7. The van der Waals surface area contributed by atoms with Gasteiger partial charge in [0.2, 0.25) is 0 Å². The monoisotopic (exact) mass is 585 g/mol. The molecule has 2 saturated carbocycles. The summed E-state index contributed by atoms with van der Waals surface area (Å²) in [6, 6.07) is 20.8. The van der Waals surface area contributed by atoms with Gasteiger partial charge >= 0.3 is 6.36 Å². The van der Waals surface area contributed by atoms with Gasteiger partial charge in [0.1, 0.15) is 15.7 Å². The largest absolute Gasteiger partial charge is 0.573 e. The van der Waals surface area contributed by atoms with Gasteiger partial charge in [0.05, 0.1) is 23.6 Å². The summed E-state index contributed by atoms with van der Waals surface area (Å²) >= 11 is 0. The lowest BCUT2D eigenvalue weighted by molar-refractivity contribution is -0.274. The molecule has 0 bridgehead atoms. The van der Waals surface area contributed by atoms with Gasteiger partial charge in [0.25, 0.3) is 0 Å². The molecular formula is C31H34F3N3O3S. The number of nitrogens with one attached hydrogen (secondary N) is 1. The van der Waals surface area contributed by atoms with Crippen LogP contribution in [0.2, 0.25) is 0 Å². The molecule has 41 heavy (non-hydrogen) atoms. The topological polar surface area (TPSA) is 74.2 Å². The minimum absolute atomic E-state index is 0.267. The summed E-state index contributed by atoms with van der Waals surface area (Å²) in [5, 5.41) is 11.9. The fourth-order valence-electron chi connectivity index (χ4n) is 5.96. The van der Waals surface area contributed by atoms with Crippen molar-refractivity contribution >= 4 is 21.3 Å². The third kappa shape index (κ3) is 6.24. The second-order valence-corrected chi connectivity index (χ2v) is 13.2. The molecule has 0 aromatic heterocycles. The molecule has 2 aliphatic carbocycles. The molecule has 4 atom stereocenters. The number of ether oxygens (including phenoxy) is 1. The SMILES string of the molecule is O=S(=NCC1CC1)(NC1CCCC(N2c3ccccc3CCc3ccccc32)C1O)c1ccc(OC(F)(F)F)cc1. The van der Waals surface area contributed by atoms with Gasteiger partial charge in [-0.05, 0) is 98.4 Å². The highest BCUT2D eigenvalue weighted by atomic mass is 32.2. The van der Waals surface area contributed by atoms with E-state index in [1.54, 1.807) is 0 Å². The van der Waals surface area contributed by atoms with E-state index in [0.29, 0.717) is 18.9 Å². The summed E-state index contributed by atoms with van der Waals surface area (Å²) in [5.41, 5.74) is 4.58. The molecule has 0 saturated heterocycles. The third-order valence-electron chi connectivity index (χ3n) is 8.22. The molecule has 6 rings (SSSR count). The maximum Gasteiger partial charge on any atom is 0.573 e. The summed E-state index contributed by atoms with van der Waals surface area (Å²) in [4.78, 5) is 2.52. The molecule has 0 radical (unpaired) electrons. The standard InChI is InChI=1S/C31H34F3N3O3S/c32-31(33,34)40-24-16-18-25(19-17-24)41(39,35-20-21-12-13-21)36-26-8-5-11-29(30(26)38)37-27-9-3-1-6-22(27)14-15-23-7-2-4-10-28(23)37/h1-4,6-7,9-10,16-19,21,26,29-30,38H,5,8,11-15,20H2,(H,35,36,39). The highest BCUT2D eigenvalue weighted by Crippen LogP contribution is 2.41. The number of nitrogens with zero attached hydrogens (tertiary/aromatic N) is 2. The number of anilines is 2. The molecule has 0 spiro atoms. The van der Waals surface area contributed by atoms with Gasteiger partial charge in [0, 0.05) is 17.4 Å². The van der Waals surface area contributed by atoms with E-state index in [1.807, 2.05) is 24.3 Å². The molecule has 2 fully saturated rings. The predicted molar refractivity (Wildman–Crippen MR) is 153 cm³/mol. The van der Waals surface area contributed by atoms with Crippen LogP contribution in [0.25, 0.3) is 0 Å². The molecule has 3 aromatic rings. The van der Waals surface area contributed by atoms with E-state index in [2.05, 4.69) is 43.0 Å².